The quantitative estimate of drug-likeness (QED) is 0.600. The molecule has 0 radical (unpaired) electrons. The van der Waals surface area contributed by atoms with E-state index in [2.05, 4.69) is 26.8 Å². The molecule has 1 atom stereocenters. The minimum Gasteiger partial charge on any atom is -0.266 e. The van der Waals surface area contributed by atoms with Gasteiger partial charge in [-0.1, -0.05) is 0 Å². The predicted molar refractivity (Wildman–Crippen MR) is 93.5 cm³/mol. The van der Waals surface area contributed by atoms with Crippen LogP contribution in [-0.4, -0.2) is 25.0 Å². The highest BCUT2D eigenvalue weighted by Gasteiger charge is 2.28. The van der Waals surface area contributed by atoms with Gasteiger partial charge in [0.25, 0.3) is 0 Å². The second kappa shape index (κ2) is 5.24. The zero-order chi connectivity index (χ0) is 17.0. The van der Waals surface area contributed by atoms with E-state index in [0.29, 0.717) is 6.04 Å². The Kier molecular flexibility index (Phi) is 3.00. The van der Waals surface area contributed by atoms with Gasteiger partial charge in [0, 0.05) is 34.4 Å². The van der Waals surface area contributed by atoms with E-state index in [0.717, 1.165) is 46.3 Å². The van der Waals surface area contributed by atoms with Crippen LogP contribution in [0.4, 0.5) is 4.39 Å². The molecule has 1 aliphatic rings. The number of rotatable bonds is 2. The summed E-state index contributed by atoms with van der Waals surface area (Å²) in [5, 5.41) is 12.9. The van der Waals surface area contributed by atoms with Crippen molar-refractivity contribution in [2.45, 2.75) is 25.8 Å². The topological polar surface area (TPSA) is 59.4 Å². The van der Waals surface area contributed by atoms with Gasteiger partial charge in [0.05, 0.1) is 6.20 Å². The van der Waals surface area contributed by atoms with E-state index < -0.39 is 0 Å². The first-order valence-corrected chi connectivity index (χ1v) is 8.38. The van der Waals surface area contributed by atoms with Gasteiger partial charge in [0.15, 0.2) is 5.65 Å². The highest BCUT2D eigenvalue weighted by atomic mass is 19.1. The number of benzene rings is 1. The number of halogens is 1. The summed E-state index contributed by atoms with van der Waals surface area (Å²) in [6.45, 7) is 2.18. The summed E-state index contributed by atoms with van der Waals surface area (Å²) < 4.78 is 15.5. The third-order valence-electron chi connectivity index (χ3n) is 4.97. The molecule has 0 bridgehead atoms. The number of H-pyrrole nitrogens is 1. The molecule has 0 spiro atoms. The van der Waals surface area contributed by atoms with Gasteiger partial charge in [0.2, 0.25) is 0 Å². The molecule has 0 aliphatic carbocycles. The SMILES string of the molecule is C[C@H]1CCc2c(-c3ccnc4[nH]ncc34)c(-c3ccc(F)cc3)nn21. The van der Waals surface area contributed by atoms with E-state index in [9.17, 15) is 4.39 Å². The molecule has 0 fully saturated rings. The van der Waals surface area contributed by atoms with Gasteiger partial charge < -0.3 is 0 Å². The molecule has 1 aromatic carbocycles. The van der Waals surface area contributed by atoms with E-state index in [-0.39, 0.29) is 5.82 Å². The first kappa shape index (κ1) is 14.3. The zero-order valence-corrected chi connectivity index (χ0v) is 13.7. The maximum Gasteiger partial charge on any atom is 0.155 e. The lowest BCUT2D eigenvalue weighted by molar-refractivity contribution is 0.523. The smallest absolute Gasteiger partial charge is 0.155 e. The average Bonchev–Trinajstić information content (AvgIpc) is 3.32. The monoisotopic (exact) mass is 333 g/mol. The fourth-order valence-corrected chi connectivity index (χ4v) is 3.70. The maximum atomic E-state index is 13.4. The first-order valence-electron chi connectivity index (χ1n) is 8.38. The summed E-state index contributed by atoms with van der Waals surface area (Å²) in [7, 11) is 0. The lowest BCUT2D eigenvalue weighted by Gasteiger charge is -2.07. The summed E-state index contributed by atoms with van der Waals surface area (Å²) >= 11 is 0. The zero-order valence-electron chi connectivity index (χ0n) is 13.7. The molecular formula is C19H16FN5. The van der Waals surface area contributed by atoms with Crippen molar-refractivity contribution >= 4 is 11.0 Å². The summed E-state index contributed by atoms with van der Waals surface area (Å²) in [6.07, 6.45) is 5.65. The lowest BCUT2D eigenvalue weighted by atomic mass is 9.96. The van der Waals surface area contributed by atoms with Gasteiger partial charge in [0.1, 0.15) is 11.5 Å². The van der Waals surface area contributed by atoms with Gasteiger partial charge in [-0.3, -0.25) is 9.78 Å². The maximum absolute atomic E-state index is 13.4. The Hall–Kier alpha value is -3.02. The summed E-state index contributed by atoms with van der Waals surface area (Å²) in [4.78, 5) is 4.34. The molecule has 0 amide bonds. The molecular weight excluding hydrogens is 317 g/mol. The fourth-order valence-electron chi connectivity index (χ4n) is 3.70. The molecule has 124 valence electrons. The lowest BCUT2D eigenvalue weighted by Crippen LogP contribution is -2.00. The van der Waals surface area contributed by atoms with Crippen LogP contribution in [0.5, 0.6) is 0 Å². The van der Waals surface area contributed by atoms with E-state index in [1.807, 2.05) is 6.07 Å². The standard InChI is InChI=1S/C19H16FN5/c1-11-2-7-16-17(14-8-9-21-19-15(14)10-22-23-19)18(24-25(11)16)12-3-5-13(20)6-4-12/h3-6,8-11H,2,7H2,1H3,(H,21,22,23)/t11-/m0/s1. The number of fused-ring (bicyclic) bond motifs is 2. The molecule has 4 aromatic rings. The number of hydrogen-bond acceptors (Lipinski definition) is 3. The van der Waals surface area contributed by atoms with Crippen LogP contribution in [0.25, 0.3) is 33.4 Å². The van der Waals surface area contributed by atoms with E-state index in [4.69, 9.17) is 5.10 Å². The van der Waals surface area contributed by atoms with Gasteiger partial charge >= 0.3 is 0 Å². The predicted octanol–water partition coefficient (Wildman–Crippen LogP) is 4.13. The van der Waals surface area contributed by atoms with Crippen molar-refractivity contribution < 1.29 is 4.39 Å². The third kappa shape index (κ3) is 2.10. The van der Waals surface area contributed by atoms with Gasteiger partial charge in [-0.15, -0.1) is 0 Å². The number of hydrogen-bond donors (Lipinski definition) is 1. The van der Waals surface area contributed by atoms with Gasteiger partial charge in [-0.25, -0.2) is 9.37 Å². The first-order chi connectivity index (χ1) is 12.2. The van der Waals surface area contributed by atoms with E-state index in [1.54, 1.807) is 24.5 Å². The molecule has 1 aliphatic heterocycles. The van der Waals surface area contributed by atoms with Gasteiger partial charge in [-0.2, -0.15) is 10.2 Å². The molecule has 4 heterocycles. The molecule has 6 heteroatoms. The Morgan fingerprint density at radius 2 is 2.04 bits per heavy atom. The number of aromatic amines is 1. The van der Waals surface area contributed by atoms with Crippen LogP contribution < -0.4 is 0 Å². The number of aromatic nitrogens is 5. The molecule has 0 saturated carbocycles. The van der Waals surface area contributed by atoms with E-state index >= 15 is 0 Å². The molecule has 0 saturated heterocycles. The van der Waals surface area contributed by atoms with E-state index in [1.165, 1.54) is 17.8 Å². The Labute approximate surface area is 143 Å². The van der Waals surface area contributed by atoms with Crippen LogP contribution in [0, 0.1) is 5.82 Å². The number of pyridine rings is 1. The average molecular weight is 333 g/mol. The van der Waals surface area contributed by atoms with Crippen molar-refractivity contribution in [1.29, 1.82) is 0 Å². The third-order valence-corrected chi connectivity index (χ3v) is 4.97. The van der Waals surface area contributed by atoms with Crippen molar-refractivity contribution in [1.82, 2.24) is 25.0 Å². The molecule has 1 N–H and O–H groups in total. The Morgan fingerprint density at radius 1 is 1.20 bits per heavy atom. The highest BCUT2D eigenvalue weighted by Crippen LogP contribution is 2.42. The number of nitrogens with one attached hydrogen (secondary N) is 1. The second-order valence-corrected chi connectivity index (χ2v) is 6.50. The highest BCUT2D eigenvalue weighted by molar-refractivity contribution is 5.97. The minimum absolute atomic E-state index is 0.244. The normalized spacial score (nSPS) is 16.5. The largest absolute Gasteiger partial charge is 0.266 e. The Morgan fingerprint density at radius 3 is 2.88 bits per heavy atom. The molecule has 5 rings (SSSR count). The van der Waals surface area contributed by atoms with Gasteiger partial charge in [-0.05, 0) is 55.7 Å². The summed E-state index contributed by atoms with van der Waals surface area (Å²) in [6, 6.07) is 8.90. The van der Waals surface area contributed by atoms with Crippen LogP contribution in [0.15, 0.2) is 42.7 Å². The van der Waals surface area contributed by atoms with Crippen LogP contribution >= 0.6 is 0 Å². The summed E-state index contributed by atoms with van der Waals surface area (Å²) in [5.41, 5.74) is 5.95. The fraction of sp³-hybridized carbons (Fsp3) is 0.211. The molecule has 3 aromatic heterocycles. The van der Waals surface area contributed by atoms with Crippen LogP contribution in [0.3, 0.4) is 0 Å². The van der Waals surface area contributed by atoms with Crippen LogP contribution in [0.2, 0.25) is 0 Å². The molecule has 25 heavy (non-hydrogen) atoms. The minimum atomic E-state index is -0.244. The molecule has 5 nitrogen and oxygen atoms in total. The van der Waals surface area contributed by atoms with Crippen molar-refractivity contribution in [3.8, 4) is 22.4 Å². The van der Waals surface area contributed by atoms with Crippen LogP contribution in [0.1, 0.15) is 25.1 Å². The Balaban J connectivity index is 1.82. The van der Waals surface area contributed by atoms with Crippen molar-refractivity contribution in [2.75, 3.05) is 0 Å². The Bertz CT molecular complexity index is 1080. The van der Waals surface area contributed by atoms with Crippen LogP contribution in [-0.2, 0) is 6.42 Å². The molecule has 0 unspecified atom stereocenters. The van der Waals surface area contributed by atoms with Crippen molar-refractivity contribution in [3.05, 3.63) is 54.2 Å². The summed E-state index contributed by atoms with van der Waals surface area (Å²) in [5.74, 6) is -0.244. The number of nitrogens with zero attached hydrogens (tertiary/aromatic N) is 4. The van der Waals surface area contributed by atoms with Crippen molar-refractivity contribution in [2.24, 2.45) is 0 Å². The van der Waals surface area contributed by atoms with Crippen molar-refractivity contribution in [3.63, 3.8) is 0 Å². The second-order valence-electron chi connectivity index (χ2n) is 6.50.